The Balaban J connectivity index is 1.95. The van der Waals surface area contributed by atoms with Gasteiger partial charge in [0.1, 0.15) is 11.9 Å². The second-order valence-corrected chi connectivity index (χ2v) is 7.95. The number of hydrogen-bond donors (Lipinski definition) is 1. The van der Waals surface area contributed by atoms with Crippen LogP contribution in [-0.2, 0) is 29.0 Å². The summed E-state index contributed by atoms with van der Waals surface area (Å²) in [6.45, 7) is 2.25. The molecule has 1 unspecified atom stereocenters. The molecule has 1 atom stereocenters. The molecule has 0 bridgehead atoms. The zero-order chi connectivity index (χ0) is 22.9. The van der Waals surface area contributed by atoms with Gasteiger partial charge in [-0.25, -0.2) is 4.39 Å². The minimum Gasteiger partial charge on any atom is -0.355 e. The van der Waals surface area contributed by atoms with Crippen LogP contribution in [0.1, 0.15) is 23.6 Å². The van der Waals surface area contributed by atoms with Gasteiger partial charge in [-0.15, -0.1) is 0 Å². The number of amides is 2. The predicted octanol–water partition coefficient (Wildman–Crippen LogP) is 4.80. The first-order chi connectivity index (χ1) is 15.5. The van der Waals surface area contributed by atoms with Crippen LogP contribution in [0, 0.1) is 5.82 Å². The number of halogens is 2. The third kappa shape index (κ3) is 6.41. The monoisotopic (exact) mass is 452 g/mol. The molecular formula is C26H26ClFN2O2. The molecule has 0 saturated heterocycles. The number of hydrogen-bond acceptors (Lipinski definition) is 2. The molecule has 4 nitrogen and oxygen atoms in total. The topological polar surface area (TPSA) is 49.4 Å². The molecule has 0 saturated carbocycles. The summed E-state index contributed by atoms with van der Waals surface area (Å²) < 4.78 is 14.5. The fourth-order valence-electron chi connectivity index (χ4n) is 3.53. The Kier molecular flexibility index (Phi) is 8.40. The van der Waals surface area contributed by atoms with Crippen molar-refractivity contribution in [2.24, 2.45) is 0 Å². The Morgan fingerprint density at radius 1 is 0.938 bits per heavy atom. The third-order valence-electron chi connectivity index (χ3n) is 5.19. The molecule has 0 heterocycles. The van der Waals surface area contributed by atoms with Crippen molar-refractivity contribution < 1.29 is 14.0 Å². The van der Waals surface area contributed by atoms with E-state index in [0.717, 1.165) is 11.1 Å². The van der Waals surface area contributed by atoms with Crippen molar-refractivity contribution >= 4 is 23.4 Å². The molecule has 0 aliphatic rings. The van der Waals surface area contributed by atoms with Gasteiger partial charge in [0.05, 0.1) is 6.42 Å². The first kappa shape index (κ1) is 23.5. The summed E-state index contributed by atoms with van der Waals surface area (Å²) in [5.74, 6) is -0.939. The molecule has 1 N–H and O–H groups in total. The second kappa shape index (κ2) is 11.4. The fraction of sp³-hybridized carbons (Fsp3) is 0.231. The lowest BCUT2D eigenvalue weighted by Crippen LogP contribution is -2.51. The van der Waals surface area contributed by atoms with Crippen LogP contribution >= 0.6 is 11.6 Å². The predicted molar refractivity (Wildman–Crippen MR) is 125 cm³/mol. The van der Waals surface area contributed by atoms with Crippen LogP contribution in [0.4, 0.5) is 4.39 Å². The minimum atomic E-state index is -0.781. The van der Waals surface area contributed by atoms with Gasteiger partial charge >= 0.3 is 0 Å². The molecule has 3 rings (SSSR count). The molecule has 32 heavy (non-hydrogen) atoms. The quantitative estimate of drug-likeness (QED) is 0.507. The lowest BCUT2D eigenvalue weighted by Gasteiger charge is -2.31. The highest BCUT2D eigenvalue weighted by Crippen LogP contribution is 2.19. The zero-order valence-electron chi connectivity index (χ0n) is 17.9. The van der Waals surface area contributed by atoms with Crippen LogP contribution in [-0.4, -0.2) is 29.3 Å². The first-order valence-electron chi connectivity index (χ1n) is 10.6. The molecule has 0 aliphatic heterocycles. The van der Waals surface area contributed by atoms with Gasteiger partial charge in [0.25, 0.3) is 0 Å². The van der Waals surface area contributed by atoms with E-state index >= 15 is 0 Å². The summed E-state index contributed by atoms with van der Waals surface area (Å²) in [7, 11) is 0. The molecule has 0 spiro atoms. The summed E-state index contributed by atoms with van der Waals surface area (Å²) in [5, 5.41) is 3.41. The molecule has 2 amide bonds. The van der Waals surface area contributed by atoms with Crippen molar-refractivity contribution in [2.75, 3.05) is 6.54 Å². The first-order valence-corrected chi connectivity index (χ1v) is 10.9. The molecule has 166 valence electrons. The van der Waals surface area contributed by atoms with Crippen LogP contribution < -0.4 is 5.32 Å². The molecular weight excluding hydrogens is 427 g/mol. The van der Waals surface area contributed by atoms with Crippen molar-refractivity contribution in [1.82, 2.24) is 10.2 Å². The van der Waals surface area contributed by atoms with Crippen molar-refractivity contribution in [3.63, 3.8) is 0 Å². The van der Waals surface area contributed by atoms with Gasteiger partial charge in [-0.1, -0.05) is 72.3 Å². The maximum atomic E-state index is 14.5. The van der Waals surface area contributed by atoms with E-state index < -0.39 is 11.9 Å². The Labute approximate surface area is 193 Å². The van der Waals surface area contributed by atoms with E-state index in [1.807, 2.05) is 37.3 Å². The highest BCUT2D eigenvalue weighted by Gasteiger charge is 2.30. The lowest BCUT2D eigenvalue weighted by molar-refractivity contribution is -0.140. The standard InChI is InChI=1S/C26H26ClFN2O2/c1-2-29-26(32)24(16-19-8-4-3-5-9-19)30(18-21-10-6-7-11-23(21)28)25(31)17-20-12-14-22(27)15-13-20/h3-15,24H,2,16-18H2,1H3,(H,29,32). The van der Waals surface area contributed by atoms with E-state index in [2.05, 4.69) is 5.32 Å². The Morgan fingerprint density at radius 2 is 1.59 bits per heavy atom. The molecule has 0 aliphatic carbocycles. The average Bonchev–Trinajstić information content (AvgIpc) is 2.79. The Hall–Kier alpha value is -3.18. The van der Waals surface area contributed by atoms with E-state index in [1.165, 1.54) is 11.0 Å². The Morgan fingerprint density at radius 3 is 2.25 bits per heavy atom. The van der Waals surface area contributed by atoms with Crippen molar-refractivity contribution in [2.45, 2.75) is 32.4 Å². The second-order valence-electron chi connectivity index (χ2n) is 7.52. The minimum absolute atomic E-state index is 0.00622. The molecule has 0 fully saturated rings. The maximum Gasteiger partial charge on any atom is 0.243 e. The number of nitrogens with zero attached hydrogens (tertiary/aromatic N) is 1. The number of carbonyl (C=O) groups is 2. The normalized spacial score (nSPS) is 11.6. The van der Waals surface area contributed by atoms with E-state index in [-0.39, 0.29) is 24.8 Å². The number of benzene rings is 3. The highest BCUT2D eigenvalue weighted by atomic mass is 35.5. The van der Waals surface area contributed by atoms with Gasteiger partial charge in [-0.2, -0.15) is 0 Å². The van der Waals surface area contributed by atoms with Gasteiger partial charge in [0, 0.05) is 30.1 Å². The van der Waals surface area contributed by atoms with Crippen LogP contribution in [0.25, 0.3) is 0 Å². The summed E-state index contributed by atoms with van der Waals surface area (Å²) in [6, 6.07) is 22.0. The van der Waals surface area contributed by atoms with E-state index in [4.69, 9.17) is 11.6 Å². The number of carbonyl (C=O) groups excluding carboxylic acids is 2. The van der Waals surface area contributed by atoms with Gasteiger partial charge in [0.2, 0.25) is 11.8 Å². The van der Waals surface area contributed by atoms with Gasteiger partial charge in [-0.3, -0.25) is 9.59 Å². The summed E-state index contributed by atoms with van der Waals surface area (Å²) in [4.78, 5) is 28.0. The fourth-order valence-corrected chi connectivity index (χ4v) is 3.66. The van der Waals surface area contributed by atoms with Crippen LogP contribution in [0.2, 0.25) is 5.02 Å². The summed E-state index contributed by atoms with van der Waals surface area (Å²) >= 11 is 5.96. The average molecular weight is 453 g/mol. The number of nitrogens with one attached hydrogen (secondary N) is 1. The molecule has 0 aromatic heterocycles. The largest absolute Gasteiger partial charge is 0.355 e. The van der Waals surface area contributed by atoms with Gasteiger partial charge in [-0.05, 0) is 36.2 Å². The van der Waals surface area contributed by atoms with E-state index in [0.29, 0.717) is 23.6 Å². The molecule has 0 radical (unpaired) electrons. The van der Waals surface area contributed by atoms with Crippen LogP contribution in [0.15, 0.2) is 78.9 Å². The third-order valence-corrected chi connectivity index (χ3v) is 5.44. The van der Waals surface area contributed by atoms with Crippen LogP contribution in [0.5, 0.6) is 0 Å². The van der Waals surface area contributed by atoms with Gasteiger partial charge in [0.15, 0.2) is 0 Å². The van der Waals surface area contributed by atoms with Crippen molar-refractivity contribution in [3.8, 4) is 0 Å². The van der Waals surface area contributed by atoms with Gasteiger partial charge < -0.3 is 10.2 Å². The SMILES string of the molecule is CCNC(=O)C(Cc1ccccc1)N(Cc1ccccc1F)C(=O)Cc1ccc(Cl)cc1. The van der Waals surface area contributed by atoms with E-state index in [1.54, 1.807) is 42.5 Å². The lowest BCUT2D eigenvalue weighted by atomic mass is 10.0. The highest BCUT2D eigenvalue weighted by molar-refractivity contribution is 6.30. The molecule has 3 aromatic carbocycles. The van der Waals surface area contributed by atoms with E-state index in [9.17, 15) is 14.0 Å². The molecule has 6 heteroatoms. The number of likely N-dealkylation sites (N-methyl/N-ethyl adjacent to an activating group) is 1. The van der Waals surface area contributed by atoms with Crippen molar-refractivity contribution in [1.29, 1.82) is 0 Å². The summed E-state index contributed by atoms with van der Waals surface area (Å²) in [6.07, 6.45) is 0.407. The Bertz CT molecular complexity index is 1040. The zero-order valence-corrected chi connectivity index (χ0v) is 18.7. The molecule has 3 aromatic rings. The summed E-state index contributed by atoms with van der Waals surface area (Å²) in [5.41, 5.74) is 2.05. The van der Waals surface area contributed by atoms with Crippen LogP contribution in [0.3, 0.4) is 0 Å². The smallest absolute Gasteiger partial charge is 0.243 e. The maximum absolute atomic E-state index is 14.5. The number of rotatable bonds is 9. The van der Waals surface area contributed by atoms with Crippen molar-refractivity contribution in [3.05, 3.63) is 106 Å².